The van der Waals surface area contributed by atoms with Crippen molar-refractivity contribution >= 4 is 7.37 Å². The topological polar surface area (TPSA) is 63.3 Å². The highest BCUT2D eigenvalue weighted by Gasteiger charge is 2.60. The predicted molar refractivity (Wildman–Crippen MR) is 70.1 cm³/mol. The molecule has 3 nitrogen and oxygen atoms in total. The van der Waals surface area contributed by atoms with E-state index in [2.05, 4.69) is 6.58 Å². The van der Waals surface area contributed by atoms with Gasteiger partial charge in [0.25, 0.3) is 0 Å². The van der Waals surface area contributed by atoms with Crippen LogP contribution in [0.25, 0.3) is 0 Å². The maximum atomic E-state index is 12.2. The summed E-state index contributed by atoms with van der Waals surface area (Å²) >= 11 is 0. The Hall–Kier alpha value is -0.890. The van der Waals surface area contributed by atoms with E-state index in [-0.39, 0.29) is 12.1 Å². The van der Waals surface area contributed by atoms with Crippen LogP contribution in [0.4, 0.5) is 0 Å². The number of hydrogen-bond acceptors (Lipinski definition) is 2. The molecule has 1 aromatic rings. The van der Waals surface area contributed by atoms with Gasteiger partial charge in [-0.2, -0.15) is 0 Å². The molecule has 2 rings (SSSR count). The van der Waals surface area contributed by atoms with E-state index < -0.39 is 12.6 Å². The third-order valence-corrected chi connectivity index (χ3v) is 6.16. The van der Waals surface area contributed by atoms with E-state index in [0.717, 1.165) is 5.56 Å². The minimum Gasteiger partial charge on any atom is -0.343 e. The number of benzene rings is 1. The molecule has 1 fully saturated rings. The smallest absolute Gasteiger partial charge is 0.220 e. The summed E-state index contributed by atoms with van der Waals surface area (Å²) in [5, 5.41) is -0.913. The van der Waals surface area contributed by atoms with Gasteiger partial charge in [-0.05, 0) is 18.4 Å². The molecule has 1 aliphatic rings. The number of aryl methyl sites for hydroxylation is 1. The summed E-state index contributed by atoms with van der Waals surface area (Å²) in [7, 11) is -3.30. The maximum Gasteiger partial charge on any atom is 0.220 e. The average molecular weight is 251 g/mol. The van der Waals surface area contributed by atoms with Crippen molar-refractivity contribution in [1.29, 1.82) is 0 Å². The van der Waals surface area contributed by atoms with Crippen LogP contribution in [0.1, 0.15) is 12.0 Å². The van der Waals surface area contributed by atoms with Crippen LogP contribution < -0.4 is 5.73 Å². The van der Waals surface area contributed by atoms with E-state index in [0.29, 0.717) is 12.8 Å². The Morgan fingerprint density at radius 1 is 1.53 bits per heavy atom. The third-order valence-electron chi connectivity index (χ3n) is 3.51. The van der Waals surface area contributed by atoms with E-state index in [4.69, 9.17) is 5.73 Å². The van der Waals surface area contributed by atoms with Gasteiger partial charge in [-0.25, -0.2) is 0 Å². The Morgan fingerprint density at radius 2 is 2.18 bits per heavy atom. The SMILES string of the molecule is C=C[C@@H]1C[C@]1(N)P(=O)(O)CCc1ccccc1. The molecule has 1 saturated carbocycles. The van der Waals surface area contributed by atoms with Crippen molar-refractivity contribution in [3.8, 4) is 0 Å². The molecular weight excluding hydrogens is 233 g/mol. The van der Waals surface area contributed by atoms with Crippen LogP contribution in [-0.2, 0) is 11.0 Å². The molecule has 17 heavy (non-hydrogen) atoms. The fourth-order valence-electron chi connectivity index (χ4n) is 2.12. The summed E-state index contributed by atoms with van der Waals surface area (Å²) in [5.41, 5.74) is 7.03. The van der Waals surface area contributed by atoms with Gasteiger partial charge in [-0.3, -0.25) is 4.57 Å². The summed E-state index contributed by atoms with van der Waals surface area (Å²) in [5.74, 6) is -0.00546. The van der Waals surface area contributed by atoms with Gasteiger partial charge >= 0.3 is 0 Å². The van der Waals surface area contributed by atoms with E-state index in [1.165, 1.54) is 0 Å². The molecule has 4 heteroatoms. The Bertz CT molecular complexity index is 460. The van der Waals surface area contributed by atoms with Crippen LogP contribution >= 0.6 is 7.37 Å². The van der Waals surface area contributed by atoms with Gasteiger partial charge in [0.2, 0.25) is 7.37 Å². The average Bonchev–Trinajstić information content (AvgIpc) is 3.02. The molecule has 0 aliphatic heterocycles. The highest BCUT2D eigenvalue weighted by Crippen LogP contribution is 2.67. The lowest BCUT2D eigenvalue weighted by Gasteiger charge is -2.19. The third kappa shape index (κ3) is 2.37. The van der Waals surface area contributed by atoms with Crippen molar-refractivity contribution in [2.75, 3.05) is 6.16 Å². The van der Waals surface area contributed by atoms with Crippen molar-refractivity contribution in [3.63, 3.8) is 0 Å². The second-order valence-corrected chi connectivity index (χ2v) is 7.38. The molecule has 3 N–H and O–H groups in total. The zero-order valence-corrected chi connectivity index (χ0v) is 10.6. The van der Waals surface area contributed by atoms with Gasteiger partial charge in [0.05, 0.1) is 0 Å². The zero-order valence-electron chi connectivity index (χ0n) is 9.75. The highest BCUT2D eigenvalue weighted by molar-refractivity contribution is 7.60. The lowest BCUT2D eigenvalue weighted by Crippen LogP contribution is -2.26. The van der Waals surface area contributed by atoms with Gasteiger partial charge < -0.3 is 10.6 Å². The Kier molecular flexibility index (Phi) is 3.26. The number of rotatable bonds is 5. The van der Waals surface area contributed by atoms with Gasteiger partial charge in [-0.1, -0.05) is 36.4 Å². The molecule has 0 spiro atoms. The molecule has 0 bridgehead atoms. The molecule has 3 atom stereocenters. The second kappa shape index (κ2) is 4.41. The molecule has 1 aromatic carbocycles. The molecule has 0 aromatic heterocycles. The largest absolute Gasteiger partial charge is 0.343 e. The van der Waals surface area contributed by atoms with E-state index in [1.54, 1.807) is 6.08 Å². The summed E-state index contributed by atoms with van der Waals surface area (Å²) in [6.07, 6.45) is 3.11. The summed E-state index contributed by atoms with van der Waals surface area (Å²) < 4.78 is 12.2. The van der Waals surface area contributed by atoms with Crippen molar-refractivity contribution in [3.05, 3.63) is 48.6 Å². The minimum absolute atomic E-state index is 0.00546. The lowest BCUT2D eigenvalue weighted by molar-refractivity contribution is 0.456. The maximum absolute atomic E-state index is 12.2. The van der Waals surface area contributed by atoms with Gasteiger partial charge in [-0.15, -0.1) is 6.58 Å². The van der Waals surface area contributed by atoms with Gasteiger partial charge in [0, 0.05) is 12.1 Å². The van der Waals surface area contributed by atoms with Gasteiger partial charge in [0.1, 0.15) is 5.28 Å². The summed E-state index contributed by atoms with van der Waals surface area (Å²) in [6, 6.07) is 9.71. The lowest BCUT2D eigenvalue weighted by atomic mass is 10.2. The fraction of sp³-hybridized carbons (Fsp3) is 0.385. The van der Waals surface area contributed by atoms with Crippen molar-refractivity contribution < 1.29 is 9.46 Å². The summed E-state index contributed by atoms with van der Waals surface area (Å²) in [6.45, 7) is 3.64. The molecular formula is C13H18NO2P. The van der Waals surface area contributed by atoms with Gasteiger partial charge in [0.15, 0.2) is 0 Å². The molecule has 0 radical (unpaired) electrons. The number of hydrogen-bond donors (Lipinski definition) is 2. The molecule has 0 saturated heterocycles. The Morgan fingerprint density at radius 3 is 2.71 bits per heavy atom. The Labute approximate surface area is 102 Å². The second-order valence-electron chi connectivity index (χ2n) is 4.70. The zero-order chi connectivity index (χ0) is 12.5. The fourth-order valence-corrected chi connectivity index (χ4v) is 4.20. The first-order chi connectivity index (χ1) is 7.99. The van der Waals surface area contributed by atoms with Crippen molar-refractivity contribution in [2.45, 2.75) is 18.1 Å². The monoisotopic (exact) mass is 251 g/mol. The normalized spacial score (nSPS) is 30.6. The van der Waals surface area contributed by atoms with E-state index >= 15 is 0 Å². The van der Waals surface area contributed by atoms with Crippen molar-refractivity contribution in [1.82, 2.24) is 0 Å². The van der Waals surface area contributed by atoms with Crippen LogP contribution in [-0.4, -0.2) is 16.3 Å². The molecule has 0 heterocycles. The van der Waals surface area contributed by atoms with Crippen molar-refractivity contribution in [2.24, 2.45) is 11.7 Å². The van der Waals surface area contributed by atoms with Crippen LogP contribution in [0.3, 0.4) is 0 Å². The van der Waals surface area contributed by atoms with Crippen LogP contribution in [0.5, 0.6) is 0 Å². The molecule has 1 aliphatic carbocycles. The minimum atomic E-state index is -3.30. The molecule has 1 unspecified atom stereocenters. The van der Waals surface area contributed by atoms with E-state index in [9.17, 15) is 9.46 Å². The van der Waals surface area contributed by atoms with Crippen LogP contribution in [0, 0.1) is 5.92 Å². The molecule has 92 valence electrons. The van der Waals surface area contributed by atoms with Crippen LogP contribution in [0.2, 0.25) is 0 Å². The summed E-state index contributed by atoms with van der Waals surface area (Å²) in [4.78, 5) is 10.1. The quantitative estimate of drug-likeness (QED) is 0.623. The first-order valence-corrected chi connectivity index (χ1v) is 7.61. The molecule has 0 amide bonds. The van der Waals surface area contributed by atoms with Crippen LogP contribution in [0.15, 0.2) is 43.0 Å². The van der Waals surface area contributed by atoms with E-state index in [1.807, 2.05) is 30.3 Å². The number of nitrogens with two attached hydrogens (primary N) is 1. The first-order valence-electron chi connectivity index (χ1n) is 5.77. The standard InChI is InChI=1S/C13H18NO2P/c1-2-12-10-13(12,14)17(15,16)9-8-11-6-4-3-5-7-11/h2-7,12H,1,8-10,14H2,(H,15,16)/t12-,13+/m1/s1. The Balaban J connectivity index is 2.00. The predicted octanol–water partition coefficient (Wildman–Crippen LogP) is 2.36. The highest BCUT2D eigenvalue weighted by atomic mass is 31.2. The first kappa shape index (κ1) is 12.6.